The molecule has 3 aromatic heterocycles. The standard InChI is InChI=1S/C20H20ClN5O2S/c1-24-8-10-25(11-9-24)16(13-5-2-3-6-14(13)21)17-19(27)26-20(29-17)22-18(23-26)15-7-4-12-28-15/h2-7,12,16,27H,8-11H2,1H3/t16-/m0/s1. The Morgan fingerprint density at radius 3 is 2.62 bits per heavy atom. The summed E-state index contributed by atoms with van der Waals surface area (Å²) in [6.07, 6.45) is 1.58. The Hall–Kier alpha value is -2.39. The minimum atomic E-state index is -0.155. The van der Waals surface area contributed by atoms with E-state index in [0.717, 1.165) is 36.6 Å². The summed E-state index contributed by atoms with van der Waals surface area (Å²) in [7, 11) is 2.12. The smallest absolute Gasteiger partial charge is 0.230 e. The second kappa shape index (κ2) is 7.46. The zero-order valence-electron chi connectivity index (χ0n) is 15.8. The molecule has 5 rings (SSSR count). The Morgan fingerprint density at radius 1 is 1.14 bits per heavy atom. The summed E-state index contributed by atoms with van der Waals surface area (Å²) in [5, 5.41) is 16.2. The van der Waals surface area contributed by atoms with Crippen LogP contribution in [0.5, 0.6) is 5.88 Å². The zero-order valence-corrected chi connectivity index (χ0v) is 17.4. The molecule has 0 spiro atoms. The second-order valence-corrected chi connectivity index (χ2v) is 8.58. The Balaban J connectivity index is 1.60. The predicted octanol–water partition coefficient (Wildman–Crippen LogP) is 3.75. The first kappa shape index (κ1) is 18.6. The van der Waals surface area contributed by atoms with E-state index in [4.69, 9.17) is 16.0 Å². The van der Waals surface area contributed by atoms with Gasteiger partial charge >= 0.3 is 0 Å². The highest BCUT2D eigenvalue weighted by Gasteiger charge is 2.32. The molecule has 0 saturated carbocycles. The average molecular weight is 430 g/mol. The van der Waals surface area contributed by atoms with E-state index >= 15 is 0 Å². The number of likely N-dealkylation sites (N-methyl/N-ethyl adjacent to an activating group) is 1. The van der Waals surface area contributed by atoms with Gasteiger partial charge in [0.15, 0.2) is 5.76 Å². The van der Waals surface area contributed by atoms with Gasteiger partial charge in [-0.15, -0.1) is 5.10 Å². The molecule has 1 aromatic carbocycles. The number of aromatic nitrogens is 3. The van der Waals surface area contributed by atoms with Crippen LogP contribution >= 0.6 is 22.9 Å². The molecule has 0 aliphatic carbocycles. The van der Waals surface area contributed by atoms with Crippen LogP contribution in [0.2, 0.25) is 5.02 Å². The fourth-order valence-electron chi connectivity index (χ4n) is 3.72. The molecule has 1 aliphatic heterocycles. The van der Waals surface area contributed by atoms with Gasteiger partial charge in [0.2, 0.25) is 16.7 Å². The Labute approximate surface area is 176 Å². The highest BCUT2D eigenvalue weighted by Crippen LogP contribution is 2.42. The monoisotopic (exact) mass is 429 g/mol. The first-order valence-corrected chi connectivity index (χ1v) is 10.6. The fraction of sp³-hybridized carbons (Fsp3) is 0.300. The number of rotatable bonds is 4. The summed E-state index contributed by atoms with van der Waals surface area (Å²) in [5.74, 6) is 1.12. The fourth-order valence-corrected chi connectivity index (χ4v) is 5.07. The highest BCUT2D eigenvalue weighted by molar-refractivity contribution is 7.17. The maximum Gasteiger partial charge on any atom is 0.230 e. The lowest BCUT2D eigenvalue weighted by atomic mass is 10.0. The molecule has 1 fully saturated rings. The highest BCUT2D eigenvalue weighted by atomic mass is 35.5. The Kier molecular flexibility index (Phi) is 4.79. The zero-order chi connectivity index (χ0) is 20.0. The van der Waals surface area contributed by atoms with Crippen molar-refractivity contribution in [2.45, 2.75) is 6.04 Å². The molecular formula is C20H20ClN5O2S. The first-order valence-electron chi connectivity index (χ1n) is 9.41. The summed E-state index contributed by atoms with van der Waals surface area (Å²) in [6.45, 7) is 3.70. The molecule has 1 aliphatic rings. The molecular weight excluding hydrogens is 410 g/mol. The van der Waals surface area contributed by atoms with Crippen molar-refractivity contribution in [3.63, 3.8) is 0 Å². The summed E-state index contributed by atoms with van der Waals surface area (Å²) in [5.41, 5.74) is 0.977. The quantitative estimate of drug-likeness (QED) is 0.532. The lowest BCUT2D eigenvalue weighted by Crippen LogP contribution is -2.46. The molecule has 150 valence electrons. The van der Waals surface area contributed by atoms with Crippen molar-refractivity contribution in [2.24, 2.45) is 0 Å². The van der Waals surface area contributed by atoms with Gasteiger partial charge in [0, 0.05) is 31.2 Å². The van der Waals surface area contributed by atoms with E-state index in [0.29, 0.717) is 21.6 Å². The van der Waals surface area contributed by atoms with E-state index in [2.05, 4.69) is 26.9 Å². The Morgan fingerprint density at radius 2 is 1.93 bits per heavy atom. The van der Waals surface area contributed by atoms with Crippen LogP contribution in [0.4, 0.5) is 0 Å². The van der Waals surface area contributed by atoms with Crippen LogP contribution < -0.4 is 0 Å². The van der Waals surface area contributed by atoms with E-state index in [-0.39, 0.29) is 11.9 Å². The number of furan rings is 1. The molecule has 29 heavy (non-hydrogen) atoms. The van der Waals surface area contributed by atoms with Crippen LogP contribution in [0.15, 0.2) is 47.1 Å². The second-order valence-electron chi connectivity index (χ2n) is 7.16. The van der Waals surface area contributed by atoms with Crippen LogP contribution in [0.25, 0.3) is 16.5 Å². The number of fused-ring (bicyclic) bond motifs is 1. The Bertz CT molecular complexity index is 1130. The maximum absolute atomic E-state index is 11.1. The van der Waals surface area contributed by atoms with Crippen LogP contribution in [0.1, 0.15) is 16.5 Å². The topological polar surface area (TPSA) is 70.0 Å². The van der Waals surface area contributed by atoms with Crippen molar-refractivity contribution in [1.29, 1.82) is 0 Å². The third-order valence-corrected chi connectivity index (χ3v) is 6.71. The molecule has 0 radical (unpaired) electrons. The third-order valence-electron chi connectivity index (χ3n) is 5.29. The molecule has 0 amide bonds. The average Bonchev–Trinajstić information content (AvgIpc) is 3.44. The van der Waals surface area contributed by atoms with E-state index in [1.165, 1.54) is 15.9 Å². The summed E-state index contributed by atoms with van der Waals surface area (Å²) >= 11 is 8.00. The van der Waals surface area contributed by atoms with Crippen LogP contribution in [-0.2, 0) is 0 Å². The van der Waals surface area contributed by atoms with Crippen LogP contribution in [0, 0.1) is 0 Å². The summed E-state index contributed by atoms with van der Waals surface area (Å²) in [4.78, 5) is 10.6. The van der Waals surface area contributed by atoms with Crippen LogP contribution in [-0.4, -0.2) is 62.7 Å². The predicted molar refractivity (Wildman–Crippen MR) is 113 cm³/mol. The van der Waals surface area contributed by atoms with Gasteiger partial charge in [0.1, 0.15) is 0 Å². The van der Waals surface area contributed by atoms with Crippen molar-refractivity contribution in [2.75, 3.05) is 33.2 Å². The van der Waals surface area contributed by atoms with E-state index in [1.54, 1.807) is 18.4 Å². The molecule has 1 atom stereocenters. The largest absolute Gasteiger partial charge is 0.492 e. The van der Waals surface area contributed by atoms with E-state index in [1.807, 2.05) is 24.3 Å². The van der Waals surface area contributed by atoms with Gasteiger partial charge in [-0.05, 0) is 30.8 Å². The molecule has 1 N–H and O–H groups in total. The SMILES string of the molecule is CN1CCN([C@@H](c2ccccc2Cl)c2sc3nc(-c4ccco4)nn3c2O)CC1. The first-order chi connectivity index (χ1) is 14.1. The third kappa shape index (κ3) is 3.32. The number of hydrogen-bond donors (Lipinski definition) is 1. The number of thiazole rings is 1. The minimum Gasteiger partial charge on any atom is -0.492 e. The van der Waals surface area contributed by atoms with Gasteiger partial charge in [0.25, 0.3) is 0 Å². The van der Waals surface area contributed by atoms with Crippen LogP contribution in [0.3, 0.4) is 0 Å². The molecule has 0 unspecified atom stereocenters. The van der Waals surface area contributed by atoms with Crippen molar-refractivity contribution in [3.05, 3.63) is 58.1 Å². The van der Waals surface area contributed by atoms with Crippen molar-refractivity contribution < 1.29 is 9.52 Å². The summed E-state index contributed by atoms with van der Waals surface area (Å²) < 4.78 is 6.86. The number of halogens is 1. The number of benzene rings is 1. The van der Waals surface area contributed by atoms with E-state index in [9.17, 15) is 5.11 Å². The normalized spacial score (nSPS) is 17.2. The number of hydrogen-bond acceptors (Lipinski definition) is 7. The van der Waals surface area contributed by atoms with Gasteiger partial charge in [-0.3, -0.25) is 4.90 Å². The lowest BCUT2D eigenvalue weighted by Gasteiger charge is -2.38. The molecule has 4 heterocycles. The number of piperazine rings is 1. The molecule has 9 heteroatoms. The van der Waals surface area contributed by atoms with E-state index < -0.39 is 0 Å². The number of aromatic hydroxyl groups is 1. The van der Waals surface area contributed by atoms with Gasteiger partial charge < -0.3 is 14.4 Å². The van der Waals surface area contributed by atoms with Gasteiger partial charge in [-0.1, -0.05) is 41.1 Å². The lowest BCUT2D eigenvalue weighted by molar-refractivity contribution is 0.127. The van der Waals surface area contributed by atoms with Gasteiger partial charge in [-0.25, -0.2) is 0 Å². The maximum atomic E-state index is 11.1. The molecule has 7 nitrogen and oxygen atoms in total. The van der Waals surface area contributed by atoms with Gasteiger partial charge in [0.05, 0.1) is 17.2 Å². The molecule has 0 bridgehead atoms. The number of nitrogens with zero attached hydrogens (tertiary/aromatic N) is 5. The molecule has 4 aromatic rings. The van der Waals surface area contributed by atoms with Crippen molar-refractivity contribution in [1.82, 2.24) is 24.4 Å². The van der Waals surface area contributed by atoms with Gasteiger partial charge in [-0.2, -0.15) is 9.50 Å². The molecule has 1 saturated heterocycles. The van der Waals surface area contributed by atoms with Crippen molar-refractivity contribution >= 4 is 27.9 Å². The van der Waals surface area contributed by atoms with Crippen molar-refractivity contribution in [3.8, 4) is 17.5 Å². The minimum absolute atomic E-state index is 0.0964. The summed E-state index contributed by atoms with van der Waals surface area (Å²) in [6, 6.07) is 11.2.